The summed E-state index contributed by atoms with van der Waals surface area (Å²) >= 11 is 0. The van der Waals surface area contributed by atoms with E-state index < -0.39 is 0 Å². The third kappa shape index (κ3) is 5.63. The van der Waals surface area contributed by atoms with Crippen LogP contribution in [0.15, 0.2) is 60.7 Å². The lowest BCUT2D eigenvalue weighted by Crippen LogP contribution is -2.20. The third-order valence-corrected chi connectivity index (χ3v) is 6.28. The second-order valence-electron chi connectivity index (χ2n) is 9.04. The molecule has 0 aliphatic carbocycles. The van der Waals surface area contributed by atoms with Gasteiger partial charge in [-0.15, -0.1) is 0 Å². The van der Waals surface area contributed by atoms with E-state index in [0.717, 1.165) is 53.5 Å². The molecule has 5 heteroatoms. The maximum absolute atomic E-state index is 5.81. The molecule has 0 saturated heterocycles. The van der Waals surface area contributed by atoms with Crippen molar-refractivity contribution >= 4 is 10.9 Å². The van der Waals surface area contributed by atoms with E-state index in [1.54, 1.807) is 14.2 Å². The molecule has 35 heavy (non-hydrogen) atoms. The predicted octanol–water partition coefficient (Wildman–Crippen LogP) is 6.55. The Hall–Kier alpha value is -3.44. The number of ether oxygens (including phenoxy) is 3. The van der Waals surface area contributed by atoms with Crippen molar-refractivity contribution in [3.8, 4) is 28.5 Å². The van der Waals surface area contributed by atoms with Gasteiger partial charge in [0.05, 0.1) is 19.9 Å². The maximum Gasteiger partial charge on any atom is 0.161 e. The zero-order chi connectivity index (χ0) is 24.8. The molecule has 2 N–H and O–H groups in total. The van der Waals surface area contributed by atoms with Gasteiger partial charge in [-0.1, -0.05) is 39.0 Å². The Morgan fingerprint density at radius 1 is 0.857 bits per heavy atom. The van der Waals surface area contributed by atoms with Crippen LogP contribution in [-0.4, -0.2) is 38.9 Å². The van der Waals surface area contributed by atoms with Gasteiger partial charge in [-0.2, -0.15) is 0 Å². The van der Waals surface area contributed by atoms with Gasteiger partial charge in [-0.25, -0.2) is 0 Å². The molecule has 0 atom stereocenters. The van der Waals surface area contributed by atoms with Crippen LogP contribution in [0.5, 0.6) is 17.2 Å². The Morgan fingerprint density at radius 3 is 2.29 bits per heavy atom. The Bertz CT molecular complexity index is 1260. The van der Waals surface area contributed by atoms with E-state index in [0.29, 0.717) is 12.5 Å². The van der Waals surface area contributed by atoms with E-state index in [2.05, 4.69) is 79.6 Å². The molecular formula is C30H36N2O3. The summed E-state index contributed by atoms with van der Waals surface area (Å²) in [7, 11) is 3.33. The van der Waals surface area contributed by atoms with Gasteiger partial charge in [-0.3, -0.25) is 0 Å². The van der Waals surface area contributed by atoms with Crippen LogP contribution in [0.4, 0.5) is 0 Å². The number of methoxy groups -OCH3 is 2. The quantitative estimate of drug-likeness (QED) is 0.243. The molecule has 5 nitrogen and oxygen atoms in total. The molecule has 1 aromatic heterocycles. The molecule has 0 aliphatic rings. The smallest absolute Gasteiger partial charge is 0.161 e. The van der Waals surface area contributed by atoms with Crippen LogP contribution < -0.4 is 19.5 Å². The van der Waals surface area contributed by atoms with Crippen molar-refractivity contribution in [2.24, 2.45) is 0 Å². The van der Waals surface area contributed by atoms with Crippen molar-refractivity contribution in [1.82, 2.24) is 10.3 Å². The molecule has 0 aliphatic heterocycles. The zero-order valence-electron chi connectivity index (χ0n) is 21.4. The molecule has 1 heterocycles. The van der Waals surface area contributed by atoms with E-state index >= 15 is 0 Å². The summed E-state index contributed by atoms with van der Waals surface area (Å²) in [6, 6.07) is 21.2. The fraction of sp³-hybridized carbons (Fsp3) is 0.333. The third-order valence-electron chi connectivity index (χ3n) is 6.28. The van der Waals surface area contributed by atoms with E-state index in [1.807, 2.05) is 12.1 Å². The molecule has 0 radical (unpaired) electrons. The highest BCUT2D eigenvalue weighted by Gasteiger charge is 2.18. The summed E-state index contributed by atoms with van der Waals surface area (Å²) in [6.45, 7) is 9.08. The number of H-pyrrole nitrogens is 1. The average Bonchev–Trinajstić information content (AvgIpc) is 3.26. The summed E-state index contributed by atoms with van der Waals surface area (Å²) in [5.41, 5.74) is 7.24. The fourth-order valence-corrected chi connectivity index (χ4v) is 4.55. The van der Waals surface area contributed by atoms with Crippen molar-refractivity contribution in [2.75, 3.05) is 33.9 Å². The number of rotatable bonds is 11. The number of aromatic amines is 1. The number of nitrogens with one attached hydrogen (secondary N) is 2. The van der Waals surface area contributed by atoms with E-state index in [1.165, 1.54) is 22.1 Å². The number of benzene rings is 3. The van der Waals surface area contributed by atoms with Gasteiger partial charge in [0.1, 0.15) is 12.4 Å². The lowest BCUT2D eigenvalue weighted by atomic mass is 9.94. The van der Waals surface area contributed by atoms with E-state index in [-0.39, 0.29) is 0 Å². The van der Waals surface area contributed by atoms with Crippen molar-refractivity contribution in [3.05, 3.63) is 77.4 Å². The summed E-state index contributed by atoms with van der Waals surface area (Å²) in [4.78, 5) is 3.66. The van der Waals surface area contributed by atoms with Crippen LogP contribution in [-0.2, 0) is 6.42 Å². The number of fused-ring (bicyclic) bond motifs is 1. The number of hydrogen-bond acceptors (Lipinski definition) is 4. The van der Waals surface area contributed by atoms with E-state index in [9.17, 15) is 0 Å². The van der Waals surface area contributed by atoms with Gasteiger partial charge >= 0.3 is 0 Å². The lowest BCUT2D eigenvalue weighted by Gasteiger charge is -2.12. The van der Waals surface area contributed by atoms with Crippen LogP contribution >= 0.6 is 0 Å². The van der Waals surface area contributed by atoms with Gasteiger partial charge in [0.15, 0.2) is 11.5 Å². The Balaban J connectivity index is 1.60. The molecule has 3 aromatic carbocycles. The number of likely N-dealkylation sites (N-methyl/N-ethyl adjacent to an activating group) is 1. The van der Waals surface area contributed by atoms with Gasteiger partial charge in [0.25, 0.3) is 0 Å². The first kappa shape index (κ1) is 24.7. The standard InChI is InChI=1S/C30H36N2O3/c1-6-31-15-16-35-24-11-7-21(8-12-24)17-22-9-13-26-25(18-22)29(20(2)3)30(32-26)23-10-14-27(33-4)28(19-23)34-5/h7-14,18-20,31-32H,6,15-17H2,1-5H3. The second kappa shape index (κ2) is 11.3. The first-order chi connectivity index (χ1) is 17.0. The molecule has 0 spiro atoms. The second-order valence-corrected chi connectivity index (χ2v) is 9.04. The minimum atomic E-state index is 0.362. The Kier molecular flexibility index (Phi) is 7.98. The molecule has 4 rings (SSSR count). The van der Waals surface area contributed by atoms with Crippen molar-refractivity contribution in [1.29, 1.82) is 0 Å². The summed E-state index contributed by atoms with van der Waals surface area (Å²) in [6.07, 6.45) is 0.877. The number of aromatic nitrogens is 1. The van der Waals surface area contributed by atoms with Crippen LogP contribution in [0, 0.1) is 0 Å². The minimum Gasteiger partial charge on any atom is -0.493 e. The highest BCUT2D eigenvalue weighted by atomic mass is 16.5. The van der Waals surface area contributed by atoms with Crippen LogP contribution in [0.3, 0.4) is 0 Å². The average molecular weight is 473 g/mol. The van der Waals surface area contributed by atoms with Gasteiger partial charge < -0.3 is 24.5 Å². The molecular weight excluding hydrogens is 436 g/mol. The van der Waals surface area contributed by atoms with Crippen molar-refractivity contribution in [3.63, 3.8) is 0 Å². The minimum absolute atomic E-state index is 0.362. The Labute approximate surface area is 208 Å². The van der Waals surface area contributed by atoms with Crippen LogP contribution in [0.25, 0.3) is 22.2 Å². The van der Waals surface area contributed by atoms with E-state index in [4.69, 9.17) is 14.2 Å². The van der Waals surface area contributed by atoms with Crippen molar-refractivity contribution in [2.45, 2.75) is 33.1 Å². The highest BCUT2D eigenvalue weighted by Crippen LogP contribution is 2.39. The molecule has 0 bridgehead atoms. The first-order valence-electron chi connectivity index (χ1n) is 12.3. The molecule has 0 amide bonds. The molecule has 0 unspecified atom stereocenters. The van der Waals surface area contributed by atoms with Gasteiger partial charge in [0.2, 0.25) is 0 Å². The zero-order valence-corrected chi connectivity index (χ0v) is 21.4. The maximum atomic E-state index is 5.81. The fourth-order valence-electron chi connectivity index (χ4n) is 4.55. The number of hydrogen-bond donors (Lipinski definition) is 2. The largest absolute Gasteiger partial charge is 0.493 e. The normalized spacial score (nSPS) is 11.3. The first-order valence-corrected chi connectivity index (χ1v) is 12.3. The molecule has 184 valence electrons. The van der Waals surface area contributed by atoms with Crippen LogP contribution in [0.1, 0.15) is 43.4 Å². The van der Waals surface area contributed by atoms with Crippen LogP contribution in [0.2, 0.25) is 0 Å². The highest BCUT2D eigenvalue weighted by molar-refractivity contribution is 5.92. The summed E-state index contributed by atoms with van der Waals surface area (Å²) in [5, 5.41) is 4.54. The molecule has 0 fully saturated rings. The van der Waals surface area contributed by atoms with Gasteiger partial charge in [-0.05, 0) is 78.0 Å². The van der Waals surface area contributed by atoms with Crippen molar-refractivity contribution < 1.29 is 14.2 Å². The summed E-state index contributed by atoms with van der Waals surface area (Å²) < 4.78 is 16.8. The monoisotopic (exact) mass is 472 g/mol. The Morgan fingerprint density at radius 2 is 1.60 bits per heavy atom. The topological polar surface area (TPSA) is 55.5 Å². The SMILES string of the molecule is CCNCCOc1ccc(Cc2ccc3[nH]c(-c4ccc(OC)c(OC)c4)c(C(C)C)c3c2)cc1. The van der Waals surface area contributed by atoms with Gasteiger partial charge in [0, 0.05) is 23.0 Å². The predicted molar refractivity (Wildman–Crippen MR) is 144 cm³/mol. The summed E-state index contributed by atoms with van der Waals surface area (Å²) in [5.74, 6) is 2.73. The molecule has 4 aromatic rings. The lowest BCUT2D eigenvalue weighted by molar-refractivity contribution is 0.315. The molecule has 0 saturated carbocycles.